The second-order valence-corrected chi connectivity index (χ2v) is 7.97. The van der Waals surface area contributed by atoms with Gasteiger partial charge in [0.2, 0.25) is 10.0 Å². The molecule has 4 nitrogen and oxygen atoms in total. The van der Waals surface area contributed by atoms with Gasteiger partial charge in [0.05, 0.1) is 11.9 Å². The predicted octanol–water partition coefficient (Wildman–Crippen LogP) is 1.58. The molecular formula is C11H24ClNO3S. The van der Waals surface area contributed by atoms with E-state index in [1.807, 2.05) is 20.8 Å². The summed E-state index contributed by atoms with van der Waals surface area (Å²) in [4.78, 5) is 0. The first-order valence-electron chi connectivity index (χ1n) is 5.77. The van der Waals surface area contributed by atoms with Crippen LogP contribution in [0.25, 0.3) is 0 Å². The maximum atomic E-state index is 11.6. The average molecular weight is 286 g/mol. The minimum absolute atomic E-state index is 0.00125. The second kappa shape index (κ2) is 6.92. The van der Waals surface area contributed by atoms with Crippen molar-refractivity contribution in [2.24, 2.45) is 11.3 Å². The number of sulfonamides is 1. The van der Waals surface area contributed by atoms with Gasteiger partial charge in [-0.3, -0.25) is 0 Å². The zero-order chi connectivity index (χ0) is 13.7. The first-order valence-corrected chi connectivity index (χ1v) is 7.96. The third-order valence-electron chi connectivity index (χ3n) is 2.15. The van der Waals surface area contributed by atoms with Crippen molar-refractivity contribution in [1.29, 1.82) is 0 Å². The first kappa shape index (κ1) is 17.2. The van der Waals surface area contributed by atoms with E-state index in [-0.39, 0.29) is 23.6 Å². The number of hydrogen-bond acceptors (Lipinski definition) is 3. The molecule has 2 N–H and O–H groups in total. The average Bonchev–Trinajstić information content (AvgIpc) is 2.11. The minimum atomic E-state index is -3.34. The van der Waals surface area contributed by atoms with E-state index >= 15 is 0 Å². The Balaban J connectivity index is 4.10. The molecule has 0 aromatic carbocycles. The molecule has 2 unspecified atom stereocenters. The van der Waals surface area contributed by atoms with E-state index in [1.165, 1.54) is 0 Å². The first-order chi connectivity index (χ1) is 7.56. The van der Waals surface area contributed by atoms with Crippen LogP contribution in [0.3, 0.4) is 0 Å². The summed E-state index contributed by atoms with van der Waals surface area (Å²) in [7, 11) is -3.34. The highest BCUT2D eigenvalue weighted by Crippen LogP contribution is 2.20. The van der Waals surface area contributed by atoms with Gasteiger partial charge in [-0.15, -0.1) is 11.6 Å². The van der Waals surface area contributed by atoms with Crippen LogP contribution < -0.4 is 4.72 Å². The Morgan fingerprint density at radius 2 is 1.88 bits per heavy atom. The van der Waals surface area contributed by atoms with Gasteiger partial charge in [-0.2, -0.15) is 0 Å². The number of aliphatic hydroxyl groups is 1. The smallest absolute Gasteiger partial charge is 0.211 e. The second-order valence-electron chi connectivity index (χ2n) is 5.81. The van der Waals surface area contributed by atoms with E-state index in [0.717, 1.165) is 0 Å². The lowest BCUT2D eigenvalue weighted by Gasteiger charge is -2.22. The number of halogens is 1. The molecule has 0 spiro atoms. The van der Waals surface area contributed by atoms with Crippen molar-refractivity contribution in [2.45, 2.75) is 40.2 Å². The molecule has 0 rings (SSSR count). The van der Waals surface area contributed by atoms with Crippen molar-refractivity contribution in [2.75, 3.05) is 18.2 Å². The molecule has 0 aliphatic heterocycles. The van der Waals surface area contributed by atoms with Crippen LogP contribution in [0.5, 0.6) is 0 Å². The lowest BCUT2D eigenvalue weighted by atomic mass is 9.89. The molecule has 0 aliphatic rings. The highest BCUT2D eigenvalue weighted by atomic mass is 35.5. The monoisotopic (exact) mass is 285 g/mol. The van der Waals surface area contributed by atoms with Crippen molar-refractivity contribution in [3.63, 3.8) is 0 Å². The summed E-state index contributed by atoms with van der Waals surface area (Å²) in [6.07, 6.45) is -0.100. The molecule has 0 amide bonds. The van der Waals surface area contributed by atoms with Crippen molar-refractivity contribution in [3.05, 3.63) is 0 Å². The third-order valence-corrected chi connectivity index (χ3v) is 4.30. The van der Waals surface area contributed by atoms with Crippen LogP contribution in [0.4, 0.5) is 0 Å². The zero-order valence-corrected chi connectivity index (χ0v) is 12.6. The van der Waals surface area contributed by atoms with E-state index in [0.29, 0.717) is 12.3 Å². The Hall–Kier alpha value is 0.160. The fourth-order valence-electron chi connectivity index (χ4n) is 1.48. The third kappa shape index (κ3) is 9.83. The predicted molar refractivity (Wildman–Crippen MR) is 71.8 cm³/mol. The van der Waals surface area contributed by atoms with Gasteiger partial charge in [-0.1, -0.05) is 27.7 Å². The zero-order valence-electron chi connectivity index (χ0n) is 11.0. The Labute approximate surface area is 110 Å². The summed E-state index contributed by atoms with van der Waals surface area (Å²) in [6.45, 7) is 7.84. The van der Waals surface area contributed by atoms with Gasteiger partial charge in [0, 0.05) is 12.4 Å². The van der Waals surface area contributed by atoms with Crippen molar-refractivity contribution in [1.82, 2.24) is 4.72 Å². The summed E-state index contributed by atoms with van der Waals surface area (Å²) < 4.78 is 25.6. The molecule has 0 fully saturated rings. The standard InChI is InChI=1S/C11H24ClNO3S/c1-9(6-12)8-17(15,16)13-7-10(14)5-11(2,3)4/h9-10,13-14H,5-8H2,1-4H3. The maximum Gasteiger partial charge on any atom is 0.211 e. The van der Waals surface area contributed by atoms with Crippen LogP contribution in [0.2, 0.25) is 0 Å². The van der Waals surface area contributed by atoms with E-state index in [9.17, 15) is 13.5 Å². The molecule has 0 aromatic heterocycles. The largest absolute Gasteiger partial charge is 0.392 e. The molecule has 6 heteroatoms. The van der Waals surface area contributed by atoms with Crippen molar-refractivity contribution >= 4 is 21.6 Å². The van der Waals surface area contributed by atoms with Gasteiger partial charge < -0.3 is 5.11 Å². The molecule has 0 aromatic rings. The molecule has 0 saturated carbocycles. The SMILES string of the molecule is CC(CCl)CS(=O)(=O)NCC(O)CC(C)(C)C. The number of hydrogen-bond donors (Lipinski definition) is 2. The van der Waals surface area contributed by atoms with Gasteiger partial charge in [-0.05, 0) is 17.8 Å². The van der Waals surface area contributed by atoms with Crippen LogP contribution in [0, 0.1) is 11.3 Å². The highest BCUT2D eigenvalue weighted by molar-refractivity contribution is 7.89. The van der Waals surface area contributed by atoms with Gasteiger partial charge in [0.1, 0.15) is 0 Å². The summed E-state index contributed by atoms with van der Waals surface area (Å²) in [5.74, 6) is 0.221. The number of rotatable bonds is 7. The normalized spacial score (nSPS) is 16.8. The van der Waals surface area contributed by atoms with Crippen LogP contribution >= 0.6 is 11.6 Å². The maximum absolute atomic E-state index is 11.6. The molecule has 0 heterocycles. The summed E-state index contributed by atoms with van der Waals surface area (Å²) in [5, 5.41) is 9.69. The fraction of sp³-hybridized carbons (Fsp3) is 1.00. The van der Waals surface area contributed by atoms with Gasteiger partial charge >= 0.3 is 0 Å². The highest BCUT2D eigenvalue weighted by Gasteiger charge is 2.20. The van der Waals surface area contributed by atoms with Gasteiger partial charge in [0.25, 0.3) is 0 Å². The van der Waals surface area contributed by atoms with Gasteiger partial charge in [-0.25, -0.2) is 13.1 Å². The summed E-state index contributed by atoms with van der Waals surface area (Å²) in [6, 6.07) is 0. The molecule has 17 heavy (non-hydrogen) atoms. The Morgan fingerprint density at radius 3 is 2.29 bits per heavy atom. The topological polar surface area (TPSA) is 66.4 Å². The van der Waals surface area contributed by atoms with Crippen molar-refractivity contribution in [3.8, 4) is 0 Å². The molecule has 0 bridgehead atoms. The van der Waals surface area contributed by atoms with Gasteiger partial charge in [0.15, 0.2) is 0 Å². The van der Waals surface area contributed by atoms with E-state index in [4.69, 9.17) is 11.6 Å². The molecule has 0 radical (unpaired) electrons. The van der Waals surface area contributed by atoms with Crippen molar-refractivity contribution < 1.29 is 13.5 Å². The number of nitrogens with one attached hydrogen (secondary N) is 1. The van der Waals surface area contributed by atoms with Crippen LogP contribution in [-0.4, -0.2) is 37.8 Å². The molecule has 0 aliphatic carbocycles. The lowest BCUT2D eigenvalue weighted by Crippen LogP contribution is -2.36. The molecule has 0 saturated heterocycles. The Bertz CT molecular complexity index is 311. The van der Waals surface area contributed by atoms with Crippen LogP contribution in [0.1, 0.15) is 34.1 Å². The van der Waals surface area contributed by atoms with Crippen LogP contribution in [0.15, 0.2) is 0 Å². The summed E-state index contributed by atoms with van der Waals surface area (Å²) >= 11 is 5.57. The Morgan fingerprint density at radius 1 is 1.35 bits per heavy atom. The fourth-order valence-corrected chi connectivity index (χ4v) is 3.15. The number of alkyl halides is 1. The molecular weight excluding hydrogens is 262 g/mol. The molecule has 2 atom stereocenters. The van der Waals surface area contributed by atoms with E-state index in [2.05, 4.69) is 4.72 Å². The number of aliphatic hydroxyl groups excluding tert-OH is 1. The minimum Gasteiger partial charge on any atom is -0.392 e. The van der Waals surface area contributed by atoms with E-state index in [1.54, 1.807) is 6.92 Å². The molecule has 104 valence electrons. The Kier molecular flexibility index (Phi) is 6.99. The summed E-state index contributed by atoms with van der Waals surface area (Å²) in [5.41, 5.74) is -0.0196. The quantitative estimate of drug-likeness (QED) is 0.698. The van der Waals surface area contributed by atoms with Crippen LogP contribution in [-0.2, 0) is 10.0 Å². The van der Waals surface area contributed by atoms with E-state index < -0.39 is 16.1 Å². The lowest BCUT2D eigenvalue weighted by molar-refractivity contribution is 0.125.